The number of benzene rings is 3. The zero-order valence-corrected chi connectivity index (χ0v) is 20.1. The van der Waals surface area contributed by atoms with Gasteiger partial charge in [-0.05, 0) is 60.6 Å². The fourth-order valence-electron chi connectivity index (χ4n) is 4.85. The van der Waals surface area contributed by atoms with Crippen molar-refractivity contribution in [1.29, 1.82) is 0 Å². The number of aromatic nitrogens is 2. The van der Waals surface area contributed by atoms with Gasteiger partial charge in [0.05, 0.1) is 12.6 Å². The summed E-state index contributed by atoms with van der Waals surface area (Å²) in [6, 6.07) is 19.3. The Morgan fingerprint density at radius 3 is 2.71 bits per heavy atom. The standard InChI is InChI=1S/C28H27N4O3/c1-19-29-23-11-8-13-25(27(23)30(19)2)32(18-33)28(34)22-15-14-21(17-26(22)35-3)31-16-7-6-10-20-9-4-5-12-24(20)31/h4-5,8-9,11-15,17H,6-7,10,16H2,1-3H3/q+1. The number of nitrogens with zero attached hydrogens (tertiary/aromatic N) is 4. The molecule has 0 bridgehead atoms. The Morgan fingerprint density at radius 1 is 1.09 bits per heavy atom. The van der Waals surface area contributed by atoms with Crippen LogP contribution in [0.2, 0.25) is 0 Å². The molecule has 1 aliphatic rings. The van der Waals surface area contributed by atoms with Gasteiger partial charge in [0.2, 0.25) is 0 Å². The summed E-state index contributed by atoms with van der Waals surface area (Å²) in [4.78, 5) is 32.4. The molecule has 1 aliphatic heterocycles. The molecule has 0 N–H and O–H groups in total. The Labute approximate surface area is 203 Å². The lowest BCUT2D eigenvalue weighted by Crippen LogP contribution is -2.20. The summed E-state index contributed by atoms with van der Waals surface area (Å²) in [5, 5.41) is 0. The van der Waals surface area contributed by atoms with Crippen molar-refractivity contribution in [1.82, 2.24) is 9.55 Å². The first-order valence-corrected chi connectivity index (χ1v) is 11.7. The van der Waals surface area contributed by atoms with Gasteiger partial charge in [0.25, 0.3) is 5.69 Å². The minimum Gasteiger partial charge on any atom is -0.496 e. The van der Waals surface area contributed by atoms with Crippen LogP contribution in [0.1, 0.15) is 34.6 Å². The van der Waals surface area contributed by atoms with Crippen LogP contribution in [-0.2, 0) is 18.3 Å². The van der Waals surface area contributed by atoms with E-state index in [0.717, 1.165) is 41.9 Å². The summed E-state index contributed by atoms with van der Waals surface area (Å²) in [7, 11) is 3.39. The molecule has 0 fully saturated rings. The maximum atomic E-state index is 13.6. The maximum Gasteiger partial charge on any atom is 0.440 e. The molecule has 0 saturated heterocycles. The van der Waals surface area contributed by atoms with Crippen LogP contribution in [0.5, 0.6) is 5.75 Å². The molecular weight excluding hydrogens is 440 g/mol. The second-order valence-corrected chi connectivity index (χ2v) is 8.72. The highest BCUT2D eigenvalue weighted by molar-refractivity contribution is 5.97. The van der Waals surface area contributed by atoms with Crippen molar-refractivity contribution in [2.45, 2.75) is 26.2 Å². The average Bonchev–Trinajstić information content (AvgIpc) is 3.05. The summed E-state index contributed by atoms with van der Waals surface area (Å²) >= 11 is 0. The molecule has 5 rings (SSSR count). The van der Waals surface area contributed by atoms with Gasteiger partial charge in [0.1, 0.15) is 22.7 Å². The Bertz CT molecular complexity index is 1500. The third-order valence-corrected chi connectivity index (χ3v) is 6.72. The first-order chi connectivity index (χ1) is 17.0. The van der Waals surface area contributed by atoms with E-state index in [2.05, 4.69) is 28.1 Å². The lowest BCUT2D eigenvalue weighted by Gasteiger charge is -2.25. The van der Waals surface area contributed by atoms with Crippen LogP contribution in [0.4, 0.5) is 17.1 Å². The highest BCUT2D eigenvalue weighted by Gasteiger charge is 2.31. The van der Waals surface area contributed by atoms with Crippen LogP contribution >= 0.6 is 0 Å². The number of aryl methyl sites for hydroxylation is 3. The number of anilines is 2. The third kappa shape index (κ3) is 3.90. The predicted molar refractivity (Wildman–Crippen MR) is 135 cm³/mol. The molecule has 176 valence electrons. The van der Waals surface area contributed by atoms with Crippen molar-refractivity contribution >= 4 is 40.1 Å². The zero-order valence-electron chi connectivity index (χ0n) is 20.1. The van der Waals surface area contributed by atoms with Crippen LogP contribution in [0.25, 0.3) is 11.0 Å². The van der Waals surface area contributed by atoms with Gasteiger partial charge in [-0.2, -0.15) is 4.79 Å². The van der Waals surface area contributed by atoms with E-state index in [9.17, 15) is 9.59 Å². The normalized spacial score (nSPS) is 13.2. The monoisotopic (exact) mass is 467 g/mol. The smallest absolute Gasteiger partial charge is 0.440 e. The Hall–Kier alpha value is -4.22. The Kier molecular flexibility index (Phi) is 5.93. The predicted octanol–water partition coefficient (Wildman–Crippen LogP) is 5.18. The van der Waals surface area contributed by atoms with E-state index in [4.69, 9.17) is 4.74 Å². The van der Waals surface area contributed by atoms with Crippen molar-refractivity contribution in [3.8, 4) is 5.75 Å². The lowest BCUT2D eigenvalue weighted by atomic mass is 10.1. The van der Waals surface area contributed by atoms with Crippen LogP contribution < -0.4 is 9.64 Å². The Morgan fingerprint density at radius 2 is 1.91 bits per heavy atom. The summed E-state index contributed by atoms with van der Waals surface area (Å²) in [6.45, 7) is 2.76. The molecule has 1 amide bonds. The summed E-state index contributed by atoms with van der Waals surface area (Å²) in [5.41, 5.74) is 5.55. The van der Waals surface area contributed by atoms with Crippen LogP contribution in [0, 0.1) is 6.92 Å². The van der Waals surface area contributed by atoms with E-state index >= 15 is 0 Å². The van der Waals surface area contributed by atoms with E-state index in [1.807, 2.05) is 48.9 Å². The van der Waals surface area contributed by atoms with Gasteiger partial charge in [-0.15, -0.1) is 0 Å². The largest absolute Gasteiger partial charge is 0.496 e. The fraction of sp³-hybridized carbons (Fsp3) is 0.250. The van der Waals surface area contributed by atoms with Crippen molar-refractivity contribution in [3.05, 3.63) is 77.6 Å². The molecule has 1 aromatic heterocycles. The van der Waals surface area contributed by atoms with E-state index in [0.29, 0.717) is 28.0 Å². The topological polar surface area (TPSA) is 67.4 Å². The molecule has 35 heavy (non-hydrogen) atoms. The molecule has 2 heterocycles. The number of hydrogen-bond acceptors (Lipinski definition) is 5. The molecule has 7 heteroatoms. The van der Waals surface area contributed by atoms with Crippen molar-refractivity contribution in [2.75, 3.05) is 18.6 Å². The Balaban J connectivity index is 1.56. The summed E-state index contributed by atoms with van der Waals surface area (Å²) in [6.07, 6.45) is 5.07. The molecule has 0 atom stereocenters. The molecule has 0 spiro atoms. The number of ether oxygens (including phenoxy) is 1. The van der Waals surface area contributed by atoms with Gasteiger partial charge in [-0.25, -0.2) is 9.78 Å². The number of methoxy groups -OCH3 is 1. The molecule has 0 unspecified atom stereocenters. The molecule has 7 nitrogen and oxygen atoms in total. The zero-order chi connectivity index (χ0) is 24.5. The number of amides is 1. The number of fused-ring (bicyclic) bond motifs is 2. The number of isocyanates is 1. The van der Waals surface area contributed by atoms with Gasteiger partial charge in [0.15, 0.2) is 0 Å². The van der Waals surface area contributed by atoms with Gasteiger partial charge in [-0.1, -0.05) is 24.3 Å². The van der Waals surface area contributed by atoms with E-state index < -0.39 is 5.91 Å². The lowest BCUT2D eigenvalue weighted by molar-refractivity contribution is -0.330. The highest BCUT2D eigenvalue weighted by Crippen LogP contribution is 2.36. The first-order valence-electron chi connectivity index (χ1n) is 11.7. The fourth-order valence-corrected chi connectivity index (χ4v) is 4.85. The molecule has 3 aromatic carbocycles. The van der Waals surface area contributed by atoms with Crippen LogP contribution in [0.3, 0.4) is 0 Å². The van der Waals surface area contributed by atoms with Gasteiger partial charge in [0, 0.05) is 37.1 Å². The molecular formula is C28H27N4O3+. The number of carbonyl (C=O) groups excluding carboxylic acids is 2. The van der Waals surface area contributed by atoms with Crippen molar-refractivity contribution in [2.24, 2.45) is 7.05 Å². The third-order valence-electron chi connectivity index (χ3n) is 6.72. The minimum absolute atomic E-state index is 0.290. The molecule has 4 aromatic rings. The maximum absolute atomic E-state index is 13.6. The SMILES string of the molecule is COc1cc(N2CCCCc3ccccc32)ccc1C(=O)[N+](=C=O)c1cccc2nc(C)n(C)c12. The number of hydrogen-bond donors (Lipinski definition) is 0. The van der Waals surface area contributed by atoms with Gasteiger partial charge in [-0.3, -0.25) is 0 Å². The second-order valence-electron chi connectivity index (χ2n) is 8.72. The quantitative estimate of drug-likeness (QED) is 0.235. The minimum atomic E-state index is -0.508. The van der Waals surface area contributed by atoms with Gasteiger partial charge < -0.3 is 14.2 Å². The van der Waals surface area contributed by atoms with Crippen molar-refractivity contribution < 1.29 is 18.9 Å². The number of para-hydroxylation sites is 2. The molecule has 0 aliphatic carbocycles. The van der Waals surface area contributed by atoms with Gasteiger partial charge >= 0.3 is 12.0 Å². The first kappa shape index (κ1) is 22.6. The van der Waals surface area contributed by atoms with Crippen molar-refractivity contribution in [3.63, 3.8) is 0 Å². The summed E-state index contributed by atoms with van der Waals surface area (Å²) in [5.74, 6) is 0.680. The van der Waals surface area contributed by atoms with Crippen LogP contribution in [-0.4, -0.2) is 39.8 Å². The molecule has 0 saturated carbocycles. The number of carbonyl (C=O) groups is 1. The van der Waals surface area contributed by atoms with E-state index in [-0.39, 0.29) is 0 Å². The van der Waals surface area contributed by atoms with Crippen LogP contribution in [0.15, 0.2) is 60.7 Å². The highest BCUT2D eigenvalue weighted by atomic mass is 16.5. The second kappa shape index (κ2) is 9.20. The van der Waals surface area contributed by atoms with E-state index in [1.165, 1.54) is 18.4 Å². The number of imidazole rings is 1. The summed E-state index contributed by atoms with van der Waals surface area (Å²) < 4.78 is 8.50. The number of rotatable bonds is 4. The molecule has 0 radical (unpaired) electrons. The average molecular weight is 468 g/mol. The van der Waals surface area contributed by atoms with E-state index in [1.54, 1.807) is 18.2 Å².